The third-order valence-electron chi connectivity index (χ3n) is 5.03. The molecule has 0 spiro atoms. The first-order valence-electron chi connectivity index (χ1n) is 9.74. The number of esters is 1. The van der Waals surface area contributed by atoms with Gasteiger partial charge in [0.05, 0.1) is 34.7 Å². The summed E-state index contributed by atoms with van der Waals surface area (Å²) < 4.78 is 30.5. The Morgan fingerprint density at radius 1 is 1.17 bits per heavy atom. The summed E-state index contributed by atoms with van der Waals surface area (Å²) in [5.74, 6) is -0.101. The number of nitrogens with zero attached hydrogens (tertiary/aromatic N) is 1. The van der Waals surface area contributed by atoms with E-state index in [4.69, 9.17) is 4.74 Å². The van der Waals surface area contributed by atoms with E-state index >= 15 is 0 Å². The third kappa shape index (κ3) is 4.62. The molecule has 0 saturated carbocycles. The predicted molar refractivity (Wildman–Crippen MR) is 117 cm³/mol. The highest BCUT2D eigenvalue weighted by Crippen LogP contribution is 2.33. The normalized spacial score (nSPS) is 17.9. The summed E-state index contributed by atoms with van der Waals surface area (Å²) in [5, 5.41) is -0.0438. The zero-order valence-electron chi connectivity index (χ0n) is 16.2. The number of thioether (sulfide) groups is 1. The smallest absolute Gasteiger partial charge is 0.339 e. The van der Waals surface area contributed by atoms with Gasteiger partial charge in [0.25, 0.3) is 0 Å². The second kappa shape index (κ2) is 8.69. The zero-order valence-corrected chi connectivity index (χ0v) is 17.9. The molecule has 0 amide bonds. The molecule has 30 heavy (non-hydrogen) atoms. The highest BCUT2D eigenvalue weighted by Gasteiger charge is 2.29. The summed E-state index contributed by atoms with van der Waals surface area (Å²) in [6, 6.07) is 14.5. The van der Waals surface area contributed by atoms with Crippen molar-refractivity contribution < 1.29 is 17.9 Å². The van der Waals surface area contributed by atoms with E-state index in [0.29, 0.717) is 24.9 Å². The summed E-state index contributed by atoms with van der Waals surface area (Å²) in [6.07, 6.45) is 1.10. The summed E-state index contributed by atoms with van der Waals surface area (Å²) >= 11 is 1.42. The van der Waals surface area contributed by atoms with Gasteiger partial charge in [-0.15, -0.1) is 11.8 Å². The summed E-state index contributed by atoms with van der Waals surface area (Å²) in [5.41, 5.74) is 1.85. The molecule has 1 N–H and O–H groups in total. The number of hydrogen-bond acceptors (Lipinski definition) is 6. The number of aryl methyl sites for hydroxylation is 1. The number of H-pyrrole nitrogens is 1. The Labute approximate surface area is 178 Å². The fourth-order valence-electron chi connectivity index (χ4n) is 3.57. The van der Waals surface area contributed by atoms with Crippen LogP contribution in [-0.2, 0) is 21.1 Å². The Bertz CT molecular complexity index is 1230. The first-order valence-corrected chi connectivity index (χ1v) is 12.4. The second-order valence-corrected chi connectivity index (χ2v) is 10.8. The zero-order chi connectivity index (χ0) is 21.1. The quantitative estimate of drug-likeness (QED) is 0.443. The number of carbonyl (C=O) groups is 1. The van der Waals surface area contributed by atoms with Crippen molar-refractivity contribution in [3.05, 3.63) is 64.6 Å². The molecule has 2 aromatic carbocycles. The summed E-state index contributed by atoms with van der Waals surface area (Å²) in [4.78, 5) is 28.2. The van der Waals surface area contributed by atoms with Crippen molar-refractivity contribution in [2.45, 2.75) is 29.5 Å². The van der Waals surface area contributed by atoms with E-state index < -0.39 is 15.8 Å². The number of fused-ring (bicyclic) bond motifs is 1. The average molecular weight is 447 g/mol. The number of sulfone groups is 1. The fourth-order valence-corrected chi connectivity index (χ4v) is 7.18. The minimum Gasteiger partial charge on any atom is -0.462 e. The Morgan fingerprint density at radius 3 is 2.73 bits per heavy atom. The molecule has 0 aliphatic carbocycles. The van der Waals surface area contributed by atoms with Crippen LogP contribution in [0.2, 0.25) is 0 Å². The molecule has 1 atom stereocenters. The number of para-hydroxylation sites is 2. The van der Waals surface area contributed by atoms with Crippen LogP contribution in [0.5, 0.6) is 0 Å². The molecule has 4 rings (SSSR count). The first kappa shape index (κ1) is 20.7. The molecular formula is C21H22N2O5S2. The third-order valence-corrected chi connectivity index (χ3v) is 8.36. The molecule has 1 aliphatic rings. The Kier molecular flexibility index (Phi) is 6.01. The Morgan fingerprint density at radius 2 is 1.93 bits per heavy atom. The fraction of sp³-hybridized carbons (Fsp3) is 0.333. The molecule has 7 nitrogen and oxygen atoms in total. The van der Waals surface area contributed by atoms with Crippen molar-refractivity contribution in [1.82, 2.24) is 9.55 Å². The SMILES string of the molecule is O=C(OCCCn1c(=O)[nH]c2ccccc21)c1ccccc1S[C@H]1CCS(=O)(=O)C1. The van der Waals surface area contributed by atoms with Crippen molar-refractivity contribution in [2.75, 3.05) is 18.1 Å². The topological polar surface area (TPSA) is 98.2 Å². The summed E-state index contributed by atoms with van der Waals surface area (Å²) in [6.45, 7) is 0.619. The molecule has 0 unspecified atom stereocenters. The molecule has 158 valence electrons. The predicted octanol–water partition coefficient (Wildman–Crippen LogP) is 2.86. The lowest BCUT2D eigenvalue weighted by Crippen LogP contribution is -2.18. The monoisotopic (exact) mass is 446 g/mol. The lowest BCUT2D eigenvalue weighted by Gasteiger charge is -2.12. The van der Waals surface area contributed by atoms with Gasteiger partial charge in [-0.3, -0.25) is 4.57 Å². The van der Waals surface area contributed by atoms with Gasteiger partial charge in [-0.1, -0.05) is 24.3 Å². The lowest BCUT2D eigenvalue weighted by atomic mass is 10.2. The van der Waals surface area contributed by atoms with Crippen LogP contribution in [0.1, 0.15) is 23.2 Å². The minimum absolute atomic E-state index is 0.0438. The van der Waals surface area contributed by atoms with E-state index in [1.807, 2.05) is 36.4 Å². The number of benzene rings is 2. The van der Waals surface area contributed by atoms with E-state index in [2.05, 4.69) is 4.98 Å². The lowest BCUT2D eigenvalue weighted by molar-refractivity contribution is 0.0492. The van der Waals surface area contributed by atoms with Crippen molar-refractivity contribution >= 4 is 38.6 Å². The highest BCUT2D eigenvalue weighted by molar-refractivity contribution is 8.02. The van der Waals surface area contributed by atoms with Gasteiger partial charge in [0.15, 0.2) is 9.84 Å². The molecule has 2 heterocycles. The maximum Gasteiger partial charge on any atom is 0.339 e. The number of aromatic nitrogens is 2. The number of hydrogen-bond donors (Lipinski definition) is 1. The molecule has 3 aromatic rings. The molecule has 1 aliphatic heterocycles. The number of rotatable bonds is 7. The van der Waals surface area contributed by atoms with Gasteiger partial charge in [-0.25, -0.2) is 18.0 Å². The molecule has 1 aromatic heterocycles. The van der Waals surface area contributed by atoms with Crippen LogP contribution in [0.3, 0.4) is 0 Å². The molecule has 1 saturated heterocycles. The van der Waals surface area contributed by atoms with Crippen molar-refractivity contribution in [3.8, 4) is 0 Å². The highest BCUT2D eigenvalue weighted by atomic mass is 32.2. The van der Waals surface area contributed by atoms with Crippen LogP contribution in [0.25, 0.3) is 11.0 Å². The molecule has 1 fully saturated rings. The van der Waals surface area contributed by atoms with Crippen LogP contribution in [-0.4, -0.2) is 47.3 Å². The number of aromatic amines is 1. The van der Waals surface area contributed by atoms with E-state index in [9.17, 15) is 18.0 Å². The van der Waals surface area contributed by atoms with Crippen LogP contribution < -0.4 is 5.69 Å². The minimum atomic E-state index is -2.97. The number of imidazole rings is 1. The van der Waals surface area contributed by atoms with Crippen molar-refractivity contribution in [1.29, 1.82) is 0 Å². The van der Waals surface area contributed by atoms with E-state index in [-0.39, 0.29) is 29.1 Å². The van der Waals surface area contributed by atoms with Gasteiger partial charge >= 0.3 is 11.7 Å². The van der Waals surface area contributed by atoms with Gasteiger partial charge in [-0.05, 0) is 37.1 Å². The Hall–Kier alpha value is -2.52. The van der Waals surface area contributed by atoms with Gasteiger partial charge in [0.1, 0.15) is 0 Å². The molecule has 0 radical (unpaired) electrons. The molecule has 9 heteroatoms. The number of nitrogens with one attached hydrogen (secondary N) is 1. The maximum atomic E-state index is 12.6. The Balaban J connectivity index is 1.35. The van der Waals surface area contributed by atoms with Gasteiger partial charge < -0.3 is 9.72 Å². The molecular weight excluding hydrogens is 424 g/mol. The van der Waals surface area contributed by atoms with Crippen molar-refractivity contribution in [3.63, 3.8) is 0 Å². The largest absolute Gasteiger partial charge is 0.462 e. The van der Waals surface area contributed by atoms with Crippen LogP contribution in [0, 0.1) is 0 Å². The van der Waals surface area contributed by atoms with E-state index in [1.165, 1.54) is 11.8 Å². The number of ether oxygens (including phenoxy) is 1. The first-order chi connectivity index (χ1) is 14.4. The van der Waals surface area contributed by atoms with Crippen LogP contribution in [0.4, 0.5) is 0 Å². The van der Waals surface area contributed by atoms with Gasteiger partial charge in [-0.2, -0.15) is 0 Å². The van der Waals surface area contributed by atoms with Gasteiger partial charge in [0, 0.05) is 16.7 Å². The van der Waals surface area contributed by atoms with E-state index in [1.54, 1.807) is 16.7 Å². The van der Waals surface area contributed by atoms with Crippen molar-refractivity contribution in [2.24, 2.45) is 0 Å². The standard InChI is InChI=1S/C21H22N2O5S2/c24-20(16-6-1-4-9-19(16)29-15-10-13-30(26,27)14-15)28-12-5-11-23-18-8-3-2-7-17(18)22-21(23)25/h1-4,6-9,15H,5,10-14H2,(H,22,25)/t15-/m0/s1. The molecule has 0 bridgehead atoms. The van der Waals surface area contributed by atoms with Crippen LogP contribution >= 0.6 is 11.8 Å². The van der Waals surface area contributed by atoms with Crippen LogP contribution in [0.15, 0.2) is 58.2 Å². The maximum absolute atomic E-state index is 12.6. The number of carbonyl (C=O) groups excluding carboxylic acids is 1. The second-order valence-electron chi connectivity index (χ2n) is 7.23. The summed E-state index contributed by atoms with van der Waals surface area (Å²) in [7, 11) is -2.97. The van der Waals surface area contributed by atoms with E-state index in [0.717, 1.165) is 15.9 Å². The average Bonchev–Trinajstić information content (AvgIpc) is 3.23. The van der Waals surface area contributed by atoms with Gasteiger partial charge in [0.2, 0.25) is 0 Å².